The first-order valence-corrected chi connectivity index (χ1v) is 10.5. The van der Waals surface area contributed by atoms with E-state index < -0.39 is 5.54 Å². The molecule has 0 bridgehead atoms. The van der Waals surface area contributed by atoms with Crippen LogP contribution in [0.5, 0.6) is 0 Å². The van der Waals surface area contributed by atoms with Crippen molar-refractivity contribution < 1.29 is 9.59 Å². The van der Waals surface area contributed by atoms with E-state index in [1.165, 1.54) is 0 Å². The molecule has 152 valence electrons. The summed E-state index contributed by atoms with van der Waals surface area (Å²) in [6, 6.07) is 15.5. The number of likely N-dealkylation sites (tertiary alicyclic amines) is 2. The van der Waals surface area contributed by atoms with Crippen molar-refractivity contribution in [2.75, 3.05) is 13.1 Å². The van der Waals surface area contributed by atoms with E-state index in [9.17, 15) is 9.59 Å². The van der Waals surface area contributed by atoms with Crippen molar-refractivity contribution in [3.05, 3.63) is 72.1 Å². The number of nitrogens with zero attached hydrogens (tertiary/aromatic N) is 4. The first-order valence-electron chi connectivity index (χ1n) is 10.5. The second kappa shape index (κ2) is 7.52. The van der Waals surface area contributed by atoms with Crippen LogP contribution in [0.1, 0.15) is 41.6 Å². The van der Waals surface area contributed by atoms with Gasteiger partial charge in [-0.15, -0.1) is 0 Å². The van der Waals surface area contributed by atoms with Crippen LogP contribution in [-0.4, -0.2) is 50.2 Å². The van der Waals surface area contributed by atoms with Crippen LogP contribution in [0.3, 0.4) is 0 Å². The number of para-hydroxylation sites is 1. The zero-order valence-corrected chi connectivity index (χ0v) is 16.8. The van der Waals surface area contributed by atoms with Crippen LogP contribution in [0.2, 0.25) is 0 Å². The maximum Gasteiger partial charge on any atom is 0.257 e. The Morgan fingerprint density at radius 2 is 1.70 bits per heavy atom. The Labute approximate surface area is 175 Å². The lowest BCUT2D eigenvalue weighted by molar-refractivity contribution is -0.146. The van der Waals surface area contributed by atoms with Crippen molar-refractivity contribution in [1.82, 2.24) is 19.8 Å². The molecule has 2 aliphatic heterocycles. The molecule has 1 unspecified atom stereocenters. The second-order valence-electron chi connectivity index (χ2n) is 8.14. The topological polar surface area (TPSA) is 66.4 Å². The second-order valence-corrected chi connectivity index (χ2v) is 8.14. The van der Waals surface area contributed by atoms with Gasteiger partial charge in [-0.3, -0.25) is 19.6 Å². The maximum atomic E-state index is 13.7. The van der Waals surface area contributed by atoms with Gasteiger partial charge in [0.05, 0.1) is 11.1 Å². The fourth-order valence-electron chi connectivity index (χ4n) is 4.99. The van der Waals surface area contributed by atoms with E-state index in [4.69, 9.17) is 0 Å². The van der Waals surface area contributed by atoms with Crippen LogP contribution in [0.4, 0.5) is 0 Å². The number of aromatic nitrogens is 2. The largest absolute Gasteiger partial charge is 0.336 e. The van der Waals surface area contributed by atoms with Gasteiger partial charge in [-0.25, -0.2) is 0 Å². The van der Waals surface area contributed by atoms with E-state index in [1.54, 1.807) is 18.5 Å². The summed E-state index contributed by atoms with van der Waals surface area (Å²) >= 11 is 0. The predicted octanol–water partition coefficient (Wildman–Crippen LogP) is 3.43. The molecule has 0 radical (unpaired) electrons. The number of fused-ring (bicyclic) bond motifs is 1. The Bertz CT molecular complexity index is 1100. The standard InChI is InChI=1S/C24H24N4O2/c29-22(19-9-4-10-20-21(19)26-14-13-25-20)28-16-6-12-24(28)11-5-15-27(23(24)30)17-18-7-2-1-3-8-18/h1-4,7-10,13-14H,5-6,11-12,15-17H2. The summed E-state index contributed by atoms with van der Waals surface area (Å²) in [6.07, 6.45) is 6.41. The van der Waals surface area contributed by atoms with Crippen LogP contribution in [0.15, 0.2) is 60.9 Å². The first kappa shape index (κ1) is 18.7. The highest BCUT2D eigenvalue weighted by molar-refractivity contribution is 6.07. The SMILES string of the molecule is O=C(c1cccc2nccnc12)N1CCCC12CCCN(Cc1ccccc1)C2=O. The molecule has 2 fully saturated rings. The van der Waals surface area contributed by atoms with Gasteiger partial charge in [0.25, 0.3) is 5.91 Å². The third-order valence-electron chi connectivity index (χ3n) is 6.38. The molecule has 0 aliphatic carbocycles. The van der Waals surface area contributed by atoms with E-state index in [0.717, 1.165) is 37.8 Å². The monoisotopic (exact) mass is 400 g/mol. The molecule has 2 aliphatic rings. The third kappa shape index (κ3) is 3.03. The number of carbonyl (C=O) groups excluding carboxylic acids is 2. The summed E-state index contributed by atoms with van der Waals surface area (Å²) in [6.45, 7) is 1.92. The van der Waals surface area contributed by atoms with Crippen molar-refractivity contribution in [1.29, 1.82) is 0 Å². The van der Waals surface area contributed by atoms with Crippen molar-refractivity contribution in [3.8, 4) is 0 Å². The number of benzene rings is 2. The summed E-state index contributed by atoms with van der Waals surface area (Å²) in [5, 5.41) is 0. The Hall–Kier alpha value is -3.28. The Morgan fingerprint density at radius 3 is 2.53 bits per heavy atom. The highest BCUT2D eigenvalue weighted by atomic mass is 16.2. The molecule has 0 N–H and O–H groups in total. The van der Waals surface area contributed by atoms with Gasteiger partial charge in [0.1, 0.15) is 11.1 Å². The van der Waals surface area contributed by atoms with Gasteiger partial charge in [0, 0.05) is 32.0 Å². The van der Waals surface area contributed by atoms with Crippen molar-refractivity contribution in [3.63, 3.8) is 0 Å². The highest BCUT2D eigenvalue weighted by Crippen LogP contribution is 2.40. The number of hydrogen-bond donors (Lipinski definition) is 0. The zero-order valence-electron chi connectivity index (χ0n) is 16.8. The lowest BCUT2D eigenvalue weighted by Crippen LogP contribution is -2.61. The molecule has 1 spiro atoms. The highest BCUT2D eigenvalue weighted by Gasteiger charge is 2.52. The normalized spacial score (nSPS) is 21.5. The van der Waals surface area contributed by atoms with Crippen molar-refractivity contribution >= 4 is 22.8 Å². The van der Waals surface area contributed by atoms with Crippen LogP contribution in [0.25, 0.3) is 11.0 Å². The number of piperidine rings is 1. The van der Waals surface area contributed by atoms with Crippen LogP contribution < -0.4 is 0 Å². The number of hydrogen-bond acceptors (Lipinski definition) is 4. The molecule has 2 amide bonds. The van der Waals surface area contributed by atoms with E-state index in [0.29, 0.717) is 29.7 Å². The number of amides is 2. The fourth-order valence-corrected chi connectivity index (χ4v) is 4.99. The van der Waals surface area contributed by atoms with Gasteiger partial charge in [-0.1, -0.05) is 36.4 Å². The molecule has 1 aromatic heterocycles. The molecule has 6 nitrogen and oxygen atoms in total. The summed E-state index contributed by atoms with van der Waals surface area (Å²) in [4.78, 5) is 39.8. The van der Waals surface area contributed by atoms with E-state index in [-0.39, 0.29) is 11.8 Å². The van der Waals surface area contributed by atoms with Crippen LogP contribution >= 0.6 is 0 Å². The molecular formula is C24H24N4O2. The van der Waals surface area contributed by atoms with Gasteiger partial charge < -0.3 is 9.80 Å². The minimum absolute atomic E-state index is 0.0785. The molecule has 1 atom stereocenters. The van der Waals surface area contributed by atoms with Crippen molar-refractivity contribution in [2.45, 2.75) is 37.8 Å². The van der Waals surface area contributed by atoms with E-state index >= 15 is 0 Å². The molecule has 3 heterocycles. The Morgan fingerprint density at radius 1 is 0.933 bits per heavy atom. The lowest BCUT2D eigenvalue weighted by Gasteiger charge is -2.44. The molecule has 30 heavy (non-hydrogen) atoms. The van der Waals surface area contributed by atoms with Gasteiger partial charge in [-0.05, 0) is 43.4 Å². The molecule has 3 aromatic rings. The minimum atomic E-state index is -0.742. The van der Waals surface area contributed by atoms with Crippen molar-refractivity contribution in [2.24, 2.45) is 0 Å². The smallest absolute Gasteiger partial charge is 0.257 e. The average Bonchev–Trinajstić information content (AvgIpc) is 3.21. The van der Waals surface area contributed by atoms with E-state index in [2.05, 4.69) is 9.97 Å². The lowest BCUT2D eigenvalue weighted by atomic mass is 9.84. The molecule has 5 rings (SSSR count). The molecular weight excluding hydrogens is 376 g/mol. The fraction of sp³-hybridized carbons (Fsp3) is 0.333. The number of rotatable bonds is 3. The Balaban J connectivity index is 1.47. The number of carbonyl (C=O) groups is 2. The summed E-state index contributed by atoms with van der Waals surface area (Å²) in [5.74, 6) is -0.0386. The summed E-state index contributed by atoms with van der Waals surface area (Å²) < 4.78 is 0. The van der Waals surface area contributed by atoms with Gasteiger partial charge >= 0.3 is 0 Å². The summed E-state index contributed by atoms with van der Waals surface area (Å²) in [7, 11) is 0. The Kier molecular flexibility index (Phi) is 4.69. The predicted molar refractivity (Wildman–Crippen MR) is 114 cm³/mol. The van der Waals surface area contributed by atoms with Crippen LogP contribution in [0, 0.1) is 0 Å². The summed E-state index contributed by atoms with van der Waals surface area (Å²) in [5.41, 5.74) is 2.18. The van der Waals surface area contributed by atoms with Crippen LogP contribution in [-0.2, 0) is 11.3 Å². The molecule has 6 heteroatoms. The minimum Gasteiger partial charge on any atom is -0.336 e. The quantitative estimate of drug-likeness (QED) is 0.676. The molecule has 2 saturated heterocycles. The zero-order chi connectivity index (χ0) is 20.6. The average molecular weight is 400 g/mol. The maximum absolute atomic E-state index is 13.7. The third-order valence-corrected chi connectivity index (χ3v) is 6.38. The van der Waals surface area contributed by atoms with Gasteiger partial charge in [-0.2, -0.15) is 0 Å². The van der Waals surface area contributed by atoms with Gasteiger partial charge in [0.15, 0.2) is 0 Å². The first-order chi connectivity index (χ1) is 14.7. The van der Waals surface area contributed by atoms with Gasteiger partial charge in [0.2, 0.25) is 5.91 Å². The van der Waals surface area contributed by atoms with E-state index in [1.807, 2.05) is 52.3 Å². The molecule has 2 aromatic carbocycles. The molecule has 0 saturated carbocycles.